The highest BCUT2D eigenvalue weighted by molar-refractivity contribution is 5.70. The van der Waals surface area contributed by atoms with Crippen molar-refractivity contribution in [3.8, 4) is 35.5 Å². The molecule has 0 bridgehead atoms. The van der Waals surface area contributed by atoms with Gasteiger partial charge in [0.25, 0.3) is 0 Å². The van der Waals surface area contributed by atoms with Crippen LogP contribution in [-0.2, 0) is 9.53 Å². The SMILES string of the molecule is CC#CC#CC#CC1CCCC(=O)O1. The lowest BCUT2D eigenvalue weighted by atomic mass is 10.1. The molecule has 0 aliphatic carbocycles. The van der Waals surface area contributed by atoms with Gasteiger partial charge in [0, 0.05) is 6.42 Å². The first-order chi connectivity index (χ1) is 6.83. The first-order valence-electron chi connectivity index (χ1n) is 4.44. The minimum Gasteiger partial charge on any atom is -0.449 e. The summed E-state index contributed by atoms with van der Waals surface area (Å²) < 4.78 is 4.98. The number of rotatable bonds is 0. The summed E-state index contributed by atoms with van der Waals surface area (Å²) in [4.78, 5) is 10.9. The van der Waals surface area contributed by atoms with Crippen molar-refractivity contribution < 1.29 is 9.53 Å². The third-order valence-corrected chi connectivity index (χ3v) is 1.67. The normalized spacial score (nSPS) is 18.6. The summed E-state index contributed by atoms with van der Waals surface area (Å²) >= 11 is 0. The number of cyclic esters (lactones) is 1. The summed E-state index contributed by atoms with van der Waals surface area (Å²) in [5.41, 5.74) is 0. The Morgan fingerprint density at radius 2 is 2.07 bits per heavy atom. The van der Waals surface area contributed by atoms with Gasteiger partial charge >= 0.3 is 5.97 Å². The van der Waals surface area contributed by atoms with Crippen molar-refractivity contribution in [3.63, 3.8) is 0 Å². The van der Waals surface area contributed by atoms with E-state index in [4.69, 9.17) is 4.74 Å². The Morgan fingerprint density at radius 3 is 2.79 bits per heavy atom. The largest absolute Gasteiger partial charge is 0.449 e. The predicted molar refractivity (Wildman–Crippen MR) is 52.7 cm³/mol. The minimum atomic E-state index is -0.278. The molecule has 70 valence electrons. The molecule has 2 heteroatoms. The summed E-state index contributed by atoms with van der Waals surface area (Å²) in [5, 5.41) is 0. The summed E-state index contributed by atoms with van der Waals surface area (Å²) in [6.45, 7) is 1.71. The van der Waals surface area contributed by atoms with Crippen LogP contribution in [0, 0.1) is 35.5 Å². The molecule has 1 rings (SSSR count). The van der Waals surface area contributed by atoms with Crippen LogP contribution >= 0.6 is 0 Å². The van der Waals surface area contributed by atoms with Gasteiger partial charge in [-0.05, 0) is 49.4 Å². The van der Waals surface area contributed by atoms with Gasteiger partial charge in [0.2, 0.25) is 0 Å². The maximum absolute atomic E-state index is 10.9. The van der Waals surface area contributed by atoms with Crippen LogP contribution < -0.4 is 0 Å². The molecule has 1 heterocycles. The molecule has 1 unspecified atom stereocenters. The lowest BCUT2D eigenvalue weighted by molar-refractivity contribution is -0.150. The van der Waals surface area contributed by atoms with Crippen LogP contribution in [0.3, 0.4) is 0 Å². The maximum atomic E-state index is 10.9. The molecule has 1 aliphatic rings. The highest BCUT2D eigenvalue weighted by atomic mass is 16.5. The van der Waals surface area contributed by atoms with E-state index >= 15 is 0 Å². The monoisotopic (exact) mass is 186 g/mol. The molecule has 0 aromatic carbocycles. The first-order valence-corrected chi connectivity index (χ1v) is 4.44. The fraction of sp³-hybridized carbons (Fsp3) is 0.417. The molecule has 0 aromatic heterocycles. The predicted octanol–water partition coefficient (Wildman–Crippen LogP) is 1.11. The van der Waals surface area contributed by atoms with Crippen molar-refractivity contribution in [2.24, 2.45) is 0 Å². The topological polar surface area (TPSA) is 26.3 Å². The molecule has 1 aliphatic heterocycles. The average molecular weight is 186 g/mol. The van der Waals surface area contributed by atoms with Gasteiger partial charge in [-0.2, -0.15) is 0 Å². The van der Waals surface area contributed by atoms with Crippen molar-refractivity contribution >= 4 is 5.97 Å². The highest BCUT2D eigenvalue weighted by Gasteiger charge is 2.17. The Kier molecular flexibility index (Phi) is 4.19. The van der Waals surface area contributed by atoms with Gasteiger partial charge in [-0.25, -0.2) is 0 Å². The quantitative estimate of drug-likeness (QED) is 0.418. The van der Waals surface area contributed by atoms with Gasteiger partial charge in [0.1, 0.15) is 0 Å². The Labute approximate surface area is 84.0 Å². The second-order valence-electron chi connectivity index (χ2n) is 2.77. The Balaban J connectivity index is 2.46. The zero-order valence-corrected chi connectivity index (χ0v) is 8.02. The fourth-order valence-electron chi connectivity index (χ4n) is 1.05. The molecule has 0 N–H and O–H groups in total. The maximum Gasteiger partial charge on any atom is 0.307 e. The molecule has 0 aromatic rings. The van der Waals surface area contributed by atoms with E-state index in [1.54, 1.807) is 6.92 Å². The number of ether oxygens (including phenoxy) is 1. The van der Waals surface area contributed by atoms with E-state index < -0.39 is 0 Å². The second-order valence-corrected chi connectivity index (χ2v) is 2.77. The number of carbonyl (C=O) groups excluding carboxylic acids is 1. The molecule has 2 nitrogen and oxygen atoms in total. The van der Waals surface area contributed by atoms with Gasteiger partial charge in [0.05, 0.1) is 0 Å². The number of hydrogen-bond acceptors (Lipinski definition) is 2. The summed E-state index contributed by atoms with van der Waals surface area (Å²) in [7, 11) is 0. The molecule has 1 fully saturated rings. The van der Waals surface area contributed by atoms with Crippen LogP contribution in [0.5, 0.6) is 0 Å². The highest BCUT2D eigenvalue weighted by Crippen LogP contribution is 2.12. The smallest absolute Gasteiger partial charge is 0.307 e. The van der Waals surface area contributed by atoms with Crippen molar-refractivity contribution in [3.05, 3.63) is 0 Å². The van der Waals surface area contributed by atoms with Crippen molar-refractivity contribution in [1.82, 2.24) is 0 Å². The van der Waals surface area contributed by atoms with Crippen molar-refractivity contribution in [2.75, 3.05) is 0 Å². The van der Waals surface area contributed by atoms with E-state index in [-0.39, 0.29) is 12.1 Å². The Morgan fingerprint density at radius 1 is 1.29 bits per heavy atom. The van der Waals surface area contributed by atoms with Gasteiger partial charge in [-0.1, -0.05) is 5.92 Å². The number of hydrogen-bond donors (Lipinski definition) is 0. The first kappa shape index (κ1) is 10.2. The van der Waals surface area contributed by atoms with Crippen LogP contribution in [0.15, 0.2) is 0 Å². The molecule has 0 spiro atoms. The van der Waals surface area contributed by atoms with E-state index in [0.29, 0.717) is 6.42 Å². The van der Waals surface area contributed by atoms with Gasteiger partial charge < -0.3 is 4.74 Å². The molecule has 0 amide bonds. The van der Waals surface area contributed by atoms with E-state index in [1.165, 1.54) is 0 Å². The van der Waals surface area contributed by atoms with E-state index in [2.05, 4.69) is 35.5 Å². The van der Waals surface area contributed by atoms with Crippen molar-refractivity contribution in [1.29, 1.82) is 0 Å². The molecular formula is C12H10O2. The van der Waals surface area contributed by atoms with Crippen LogP contribution in [0.1, 0.15) is 26.2 Å². The van der Waals surface area contributed by atoms with Crippen LogP contribution in [0.4, 0.5) is 0 Å². The summed E-state index contributed by atoms with van der Waals surface area (Å²) in [6, 6.07) is 0. The number of esters is 1. The van der Waals surface area contributed by atoms with Crippen LogP contribution in [-0.4, -0.2) is 12.1 Å². The molecular weight excluding hydrogens is 176 g/mol. The molecule has 0 radical (unpaired) electrons. The van der Waals surface area contributed by atoms with E-state index in [0.717, 1.165) is 12.8 Å². The number of carbonyl (C=O) groups is 1. The minimum absolute atomic E-state index is 0.170. The zero-order chi connectivity index (χ0) is 10.2. The third-order valence-electron chi connectivity index (χ3n) is 1.67. The third kappa shape index (κ3) is 3.70. The standard InChI is InChI=1S/C12H10O2/c1-2-3-4-5-6-8-11-9-7-10-12(13)14-11/h11H,7,9-10H2,1H3. The molecule has 0 saturated carbocycles. The summed E-state index contributed by atoms with van der Waals surface area (Å²) in [5.74, 6) is 15.6. The van der Waals surface area contributed by atoms with Gasteiger partial charge in [-0.3, -0.25) is 4.79 Å². The average Bonchev–Trinajstić information content (AvgIpc) is 2.18. The molecule has 1 saturated heterocycles. The van der Waals surface area contributed by atoms with E-state index in [9.17, 15) is 4.79 Å². The lowest BCUT2D eigenvalue weighted by Gasteiger charge is -2.16. The van der Waals surface area contributed by atoms with E-state index in [1.807, 2.05) is 0 Å². The van der Waals surface area contributed by atoms with Crippen LogP contribution in [0.25, 0.3) is 0 Å². The van der Waals surface area contributed by atoms with Gasteiger partial charge in [0.15, 0.2) is 6.10 Å². The van der Waals surface area contributed by atoms with Crippen LogP contribution in [0.2, 0.25) is 0 Å². The fourth-order valence-corrected chi connectivity index (χ4v) is 1.05. The Bertz CT molecular complexity index is 387. The lowest BCUT2D eigenvalue weighted by Crippen LogP contribution is -2.21. The van der Waals surface area contributed by atoms with Gasteiger partial charge in [-0.15, -0.1) is 0 Å². The summed E-state index contributed by atoms with van der Waals surface area (Å²) in [6.07, 6.45) is 1.88. The molecule has 14 heavy (non-hydrogen) atoms. The molecule has 1 atom stereocenters. The second kappa shape index (κ2) is 5.74. The van der Waals surface area contributed by atoms with Crippen molar-refractivity contribution in [2.45, 2.75) is 32.3 Å². The zero-order valence-electron chi connectivity index (χ0n) is 8.02. The Hall–Kier alpha value is -1.85.